The van der Waals surface area contributed by atoms with Gasteiger partial charge in [0.25, 0.3) is 0 Å². The minimum Gasteiger partial charge on any atom is -0.385 e. The second kappa shape index (κ2) is 17.2. The van der Waals surface area contributed by atoms with Gasteiger partial charge in [-0.25, -0.2) is 0 Å². The molecule has 0 amide bonds. The van der Waals surface area contributed by atoms with Crippen molar-refractivity contribution in [2.24, 2.45) is 0 Å². The first kappa shape index (κ1) is 14.5. The maximum atomic E-state index is 4.54. The molecule has 0 aromatic carbocycles. The van der Waals surface area contributed by atoms with Crippen LogP contribution in [0.1, 0.15) is 41.5 Å². The van der Waals surface area contributed by atoms with E-state index in [1.54, 1.807) is 7.11 Å². The molecule has 0 bridgehead atoms. The van der Waals surface area contributed by atoms with Gasteiger partial charge in [-0.05, 0) is 6.92 Å². The molecule has 2 heteroatoms. The molecule has 1 fully saturated rings. The van der Waals surface area contributed by atoms with E-state index >= 15 is 0 Å². The predicted molar refractivity (Wildman–Crippen MR) is 60.2 cm³/mol. The van der Waals surface area contributed by atoms with E-state index in [0.717, 1.165) is 6.61 Å². The Morgan fingerprint density at radius 1 is 1.17 bits per heavy atom. The lowest BCUT2D eigenvalue weighted by molar-refractivity contribution is 0.215. The van der Waals surface area contributed by atoms with Crippen LogP contribution in [0, 0.1) is 0 Å². The Morgan fingerprint density at radius 3 is 1.67 bits per heavy atom. The van der Waals surface area contributed by atoms with Crippen LogP contribution in [0.4, 0.5) is 0 Å². The Kier molecular flexibility index (Phi) is 20.9. The van der Waals surface area contributed by atoms with Crippen molar-refractivity contribution < 1.29 is 6.16 Å². The van der Waals surface area contributed by atoms with Gasteiger partial charge >= 0.3 is 0 Å². The highest BCUT2D eigenvalue weighted by Crippen LogP contribution is 2.10. The third-order valence-electron chi connectivity index (χ3n) is 1.61. The molecule has 0 aromatic heterocycles. The van der Waals surface area contributed by atoms with Gasteiger partial charge < -0.3 is 4.74 Å². The average Bonchev–Trinajstić information content (AvgIpc) is 2.24. The molecule has 0 unspecified atom stereocenters. The maximum Gasteiger partial charge on any atom is 0.109 e. The fraction of sp³-hybridized carbons (Fsp3) is 1.00. The van der Waals surface area contributed by atoms with E-state index in [9.17, 15) is 0 Å². The largest absolute Gasteiger partial charge is 0.385 e. The van der Waals surface area contributed by atoms with E-state index in [-0.39, 0.29) is 1.43 Å². The van der Waals surface area contributed by atoms with E-state index in [1.165, 1.54) is 31.9 Å². The minimum absolute atomic E-state index is 0. The number of rotatable bonds is 1. The van der Waals surface area contributed by atoms with Crippen LogP contribution >= 0.6 is 0 Å². The lowest BCUT2D eigenvalue weighted by Gasteiger charge is -2.04. The summed E-state index contributed by atoms with van der Waals surface area (Å²) in [6.45, 7) is 6.78. The highest BCUT2D eigenvalue weighted by Gasteiger charge is 1.97. The van der Waals surface area contributed by atoms with Crippen LogP contribution in [-0.4, -0.2) is 21.0 Å². The van der Waals surface area contributed by atoms with Gasteiger partial charge in [-0.1, -0.05) is 45.8 Å². The van der Waals surface area contributed by atoms with Gasteiger partial charge in [0.2, 0.25) is 0 Å². The van der Waals surface area contributed by atoms with Crippen molar-refractivity contribution in [1.82, 2.24) is 0 Å². The number of hydrogen-bond acceptors (Lipinski definition) is 1. The zero-order valence-corrected chi connectivity index (χ0v) is 9.23. The zero-order chi connectivity index (χ0) is 9.66. The first-order chi connectivity index (χ1) is 5.91. The molecule has 1 nitrogen and oxygen atoms in total. The highest BCUT2D eigenvalue weighted by atomic mass is 16.5. The highest BCUT2D eigenvalue weighted by molar-refractivity contribution is 6.35. The fourth-order valence-electron chi connectivity index (χ4n) is 0.898. The summed E-state index contributed by atoms with van der Waals surface area (Å²) >= 11 is 0. The van der Waals surface area contributed by atoms with Gasteiger partial charge in [0.15, 0.2) is 0 Å². The molecule has 0 spiro atoms. The van der Waals surface area contributed by atoms with Crippen molar-refractivity contribution in [1.29, 1.82) is 0 Å². The Bertz CT molecular complexity index is 45.4. The molecule has 0 N–H and O–H groups in total. The molecule has 0 aliphatic carbocycles. The minimum atomic E-state index is 0. The molecular formula is C10H26BO. The van der Waals surface area contributed by atoms with E-state index in [1.807, 2.05) is 20.8 Å². The lowest BCUT2D eigenvalue weighted by Crippen LogP contribution is -1.94. The van der Waals surface area contributed by atoms with Gasteiger partial charge in [0.1, 0.15) is 7.28 Å². The standard InChI is InChI=1S/C5H10B.C3H8O.C2H6.H2/c1-2-4-6-5-3-1;1-3-4-2;1-2;/h1-5H2;3H2,1-2H3;1-2H3;1H. The van der Waals surface area contributed by atoms with Gasteiger partial charge in [0.05, 0.1) is 0 Å². The SMILES string of the molecule is CC.CCOC.[B]1CCCCC1.[HH]. The van der Waals surface area contributed by atoms with Crippen molar-refractivity contribution in [3.8, 4) is 0 Å². The number of ether oxygens (including phenoxy) is 1. The molecule has 1 aliphatic heterocycles. The predicted octanol–water partition coefficient (Wildman–Crippen LogP) is 3.64. The molecule has 0 saturated carbocycles. The lowest BCUT2D eigenvalue weighted by atomic mass is 9.64. The molecule has 12 heavy (non-hydrogen) atoms. The normalized spacial score (nSPS) is 14.3. The van der Waals surface area contributed by atoms with Crippen LogP contribution in [0.2, 0.25) is 12.6 Å². The van der Waals surface area contributed by atoms with Gasteiger partial charge in [0, 0.05) is 15.1 Å². The summed E-state index contributed by atoms with van der Waals surface area (Å²) in [5.41, 5.74) is 0. The summed E-state index contributed by atoms with van der Waals surface area (Å²) in [6, 6.07) is 0. The maximum absolute atomic E-state index is 4.54. The summed E-state index contributed by atoms with van der Waals surface area (Å²) in [5.74, 6) is 0. The van der Waals surface area contributed by atoms with Crippen LogP contribution < -0.4 is 0 Å². The van der Waals surface area contributed by atoms with Gasteiger partial charge in [-0.2, -0.15) is 0 Å². The van der Waals surface area contributed by atoms with Crippen LogP contribution in [0.25, 0.3) is 0 Å². The molecule has 1 rings (SSSR count). The third-order valence-corrected chi connectivity index (χ3v) is 1.61. The Hall–Kier alpha value is 0.0249. The molecule has 75 valence electrons. The van der Waals surface area contributed by atoms with Crippen molar-refractivity contribution in [2.45, 2.75) is 52.7 Å². The molecular weight excluding hydrogens is 147 g/mol. The smallest absolute Gasteiger partial charge is 0.109 e. The van der Waals surface area contributed by atoms with Crippen molar-refractivity contribution in [2.75, 3.05) is 13.7 Å². The first-order valence-electron chi connectivity index (χ1n) is 5.22. The van der Waals surface area contributed by atoms with Crippen LogP contribution in [-0.2, 0) is 4.74 Å². The number of methoxy groups -OCH3 is 1. The van der Waals surface area contributed by atoms with Crippen molar-refractivity contribution >= 4 is 7.28 Å². The van der Waals surface area contributed by atoms with Crippen LogP contribution in [0.15, 0.2) is 0 Å². The zero-order valence-electron chi connectivity index (χ0n) is 9.23. The molecule has 0 aromatic rings. The Balaban J connectivity index is -0.000000128. The van der Waals surface area contributed by atoms with Crippen LogP contribution in [0.5, 0.6) is 0 Å². The second-order valence-electron chi connectivity index (χ2n) is 2.50. The first-order valence-corrected chi connectivity index (χ1v) is 5.22. The Morgan fingerprint density at radius 2 is 1.58 bits per heavy atom. The molecule has 0 atom stereocenters. The van der Waals surface area contributed by atoms with Crippen LogP contribution in [0.3, 0.4) is 0 Å². The van der Waals surface area contributed by atoms with Crippen molar-refractivity contribution in [3.05, 3.63) is 0 Å². The molecule has 1 aliphatic rings. The monoisotopic (exact) mass is 173 g/mol. The number of hydrogen-bond donors (Lipinski definition) is 0. The summed E-state index contributed by atoms with van der Waals surface area (Å²) < 4.78 is 4.54. The summed E-state index contributed by atoms with van der Waals surface area (Å²) in [6.07, 6.45) is 7.11. The second-order valence-corrected chi connectivity index (χ2v) is 2.50. The van der Waals surface area contributed by atoms with Gasteiger partial charge in [-0.15, -0.1) is 0 Å². The molecule has 1 heterocycles. The Labute approximate surface area is 80.6 Å². The fourth-order valence-corrected chi connectivity index (χ4v) is 0.898. The molecule has 1 radical (unpaired) electrons. The summed E-state index contributed by atoms with van der Waals surface area (Å²) in [5, 5.41) is 0. The summed E-state index contributed by atoms with van der Waals surface area (Å²) in [4.78, 5) is 0. The van der Waals surface area contributed by atoms with Crippen molar-refractivity contribution in [3.63, 3.8) is 0 Å². The third kappa shape index (κ3) is 16.5. The van der Waals surface area contributed by atoms with E-state index in [4.69, 9.17) is 0 Å². The quantitative estimate of drug-likeness (QED) is 0.550. The van der Waals surface area contributed by atoms with Gasteiger partial charge in [-0.3, -0.25) is 0 Å². The van der Waals surface area contributed by atoms with E-state index < -0.39 is 0 Å². The van der Waals surface area contributed by atoms with E-state index in [2.05, 4.69) is 12.0 Å². The van der Waals surface area contributed by atoms with E-state index in [0.29, 0.717) is 0 Å². The molecule has 1 saturated heterocycles. The summed E-state index contributed by atoms with van der Waals surface area (Å²) in [7, 11) is 4.07. The topological polar surface area (TPSA) is 9.23 Å². The average molecular weight is 173 g/mol.